The fourth-order valence-electron chi connectivity index (χ4n) is 1.81. The summed E-state index contributed by atoms with van der Waals surface area (Å²) in [7, 11) is 1.61. The summed E-state index contributed by atoms with van der Waals surface area (Å²) in [6.45, 7) is 1.92. The molecule has 0 saturated heterocycles. The third-order valence-electron chi connectivity index (χ3n) is 2.78. The highest BCUT2D eigenvalue weighted by molar-refractivity contribution is 9.10. The van der Waals surface area contributed by atoms with Crippen LogP contribution in [0.4, 0.5) is 0 Å². The number of hydrogen-bond donors (Lipinski definition) is 0. The van der Waals surface area contributed by atoms with E-state index in [0.29, 0.717) is 12.0 Å². The number of aryl methyl sites for hydroxylation is 1. The van der Waals surface area contributed by atoms with Crippen molar-refractivity contribution in [1.82, 2.24) is 4.98 Å². The van der Waals surface area contributed by atoms with Crippen molar-refractivity contribution in [3.63, 3.8) is 0 Å². The fraction of sp³-hybridized carbons (Fsp3) is 0.200. The highest BCUT2D eigenvalue weighted by atomic mass is 79.9. The number of methoxy groups -OCH3 is 1. The lowest BCUT2D eigenvalue weighted by Gasteiger charge is -2.06. The van der Waals surface area contributed by atoms with E-state index < -0.39 is 0 Å². The van der Waals surface area contributed by atoms with Gasteiger partial charge in [0.2, 0.25) is 0 Å². The van der Waals surface area contributed by atoms with Crippen LogP contribution in [0.25, 0.3) is 0 Å². The summed E-state index contributed by atoms with van der Waals surface area (Å²) in [5.41, 5.74) is 2.58. The van der Waals surface area contributed by atoms with Gasteiger partial charge in [0.15, 0.2) is 5.78 Å². The average molecular weight is 320 g/mol. The van der Waals surface area contributed by atoms with Gasteiger partial charge in [-0.2, -0.15) is 0 Å². The number of carbonyl (C=O) groups excluding carboxylic acids is 1. The van der Waals surface area contributed by atoms with E-state index >= 15 is 0 Å². The van der Waals surface area contributed by atoms with Crippen LogP contribution in [0.1, 0.15) is 21.5 Å². The minimum absolute atomic E-state index is 0.0632. The van der Waals surface area contributed by atoms with Gasteiger partial charge in [-0.1, -0.05) is 6.07 Å². The molecule has 4 heteroatoms. The summed E-state index contributed by atoms with van der Waals surface area (Å²) in [6.07, 6.45) is 3.70. The molecule has 0 radical (unpaired) electrons. The molecule has 3 nitrogen and oxygen atoms in total. The summed E-state index contributed by atoms with van der Waals surface area (Å²) < 4.78 is 6.01. The van der Waals surface area contributed by atoms with Gasteiger partial charge >= 0.3 is 0 Å². The van der Waals surface area contributed by atoms with Crippen molar-refractivity contribution in [2.24, 2.45) is 0 Å². The third kappa shape index (κ3) is 3.41. The predicted octanol–water partition coefficient (Wildman–Crippen LogP) is 3.59. The maximum Gasteiger partial charge on any atom is 0.168 e. The number of benzene rings is 1. The van der Waals surface area contributed by atoms with Crippen molar-refractivity contribution in [1.29, 1.82) is 0 Å². The Morgan fingerprint density at radius 2 is 2.11 bits per heavy atom. The molecule has 0 spiro atoms. The van der Waals surface area contributed by atoms with Crippen LogP contribution >= 0.6 is 15.9 Å². The fourth-order valence-corrected chi connectivity index (χ4v) is 2.40. The quantitative estimate of drug-likeness (QED) is 0.808. The molecule has 0 aliphatic heterocycles. The Morgan fingerprint density at radius 1 is 1.32 bits per heavy atom. The van der Waals surface area contributed by atoms with Gasteiger partial charge in [-0.15, -0.1) is 0 Å². The van der Waals surface area contributed by atoms with E-state index in [1.54, 1.807) is 19.5 Å². The molecular weight excluding hydrogens is 306 g/mol. The van der Waals surface area contributed by atoms with Gasteiger partial charge in [0, 0.05) is 24.4 Å². The summed E-state index contributed by atoms with van der Waals surface area (Å²) in [5, 5.41) is 0. The SMILES string of the molecule is COc1ccc(CC(=O)c2cncc(C)c2)cc1Br. The molecule has 0 N–H and O–H groups in total. The maximum absolute atomic E-state index is 12.1. The number of carbonyl (C=O) groups is 1. The first-order valence-corrected chi connectivity index (χ1v) is 6.66. The van der Waals surface area contributed by atoms with Crippen LogP contribution in [-0.4, -0.2) is 17.9 Å². The second-order valence-electron chi connectivity index (χ2n) is 4.32. The van der Waals surface area contributed by atoms with Crippen LogP contribution in [0.3, 0.4) is 0 Å². The average Bonchev–Trinajstić information content (AvgIpc) is 2.39. The molecule has 98 valence electrons. The first kappa shape index (κ1) is 13.7. The van der Waals surface area contributed by atoms with Crippen molar-refractivity contribution in [2.45, 2.75) is 13.3 Å². The minimum Gasteiger partial charge on any atom is -0.496 e. The summed E-state index contributed by atoms with van der Waals surface area (Å²) in [4.78, 5) is 16.2. The number of rotatable bonds is 4. The van der Waals surface area contributed by atoms with E-state index in [1.807, 2.05) is 31.2 Å². The molecule has 0 atom stereocenters. The molecule has 0 aliphatic rings. The van der Waals surface area contributed by atoms with Gasteiger partial charge in [0.05, 0.1) is 11.6 Å². The molecule has 2 aromatic rings. The second kappa shape index (κ2) is 5.97. The maximum atomic E-state index is 12.1. The number of nitrogens with zero attached hydrogens (tertiary/aromatic N) is 1. The topological polar surface area (TPSA) is 39.2 Å². The molecule has 1 heterocycles. The molecule has 19 heavy (non-hydrogen) atoms. The number of ketones is 1. The largest absolute Gasteiger partial charge is 0.496 e. The zero-order valence-electron chi connectivity index (χ0n) is 10.8. The number of hydrogen-bond acceptors (Lipinski definition) is 3. The van der Waals surface area contributed by atoms with Gasteiger partial charge in [0.25, 0.3) is 0 Å². The lowest BCUT2D eigenvalue weighted by molar-refractivity contribution is 0.0992. The van der Waals surface area contributed by atoms with E-state index in [-0.39, 0.29) is 5.78 Å². The van der Waals surface area contributed by atoms with Crippen molar-refractivity contribution >= 4 is 21.7 Å². The third-order valence-corrected chi connectivity index (χ3v) is 3.40. The van der Waals surface area contributed by atoms with Crippen LogP contribution in [0.15, 0.2) is 41.1 Å². The van der Waals surface area contributed by atoms with Gasteiger partial charge in [-0.05, 0) is 52.2 Å². The van der Waals surface area contributed by atoms with Crippen LogP contribution in [0, 0.1) is 6.92 Å². The van der Waals surface area contributed by atoms with E-state index in [9.17, 15) is 4.79 Å². The van der Waals surface area contributed by atoms with Crippen molar-refractivity contribution < 1.29 is 9.53 Å². The molecule has 0 aliphatic carbocycles. The number of halogens is 1. The molecule has 2 rings (SSSR count). The summed E-state index contributed by atoms with van der Waals surface area (Å²) >= 11 is 3.42. The van der Waals surface area contributed by atoms with Crippen molar-refractivity contribution in [3.8, 4) is 5.75 Å². The Balaban J connectivity index is 2.17. The molecule has 0 fully saturated rings. The monoisotopic (exact) mass is 319 g/mol. The Labute approximate surface area is 120 Å². The second-order valence-corrected chi connectivity index (χ2v) is 5.17. The highest BCUT2D eigenvalue weighted by Crippen LogP contribution is 2.26. The van der Waals surface area contributed by atoms with Gasteiger partial charge in [0.1, 0.15) is 5.75 Å². The number of Topliss-reactive ketones (excluding diaryl/α,β-unsaturated/α-hetero) is 1. The van der Waals surface area contributed by atoms with Crippen LogP contribution in [-0.2, 0) is 6.42 Å². The Morgan fingerprint density at radius 3 is 2.74 bits per heavy atom. The molecule has 0 bridgehead atoms. The zero-order chi connectivity index (χ0) is 13.8. The van der Waals surface area contributed by atoms with Crippen LogP contribution in [0.2, 0.25) is 0 Å². The lowest BCUT2D eigenvalue weighted by Crippen LogP contribution is -2.04. The minimum atomic E-state index is 0.0632. The van der Waals surface area contributed by atoms with Crippen LogP contribution < -0.4 is 4.74 Å². The number of aromatic nitrogens is 1. The lowest BCUT2D eigenvalue weighted by atomic mass is 10.0. The Hall–Kier alpha value is -1.68. The van der Waals surface area contributed by atoms with Gasteiger partial charge < -0.3 is 4.74 Å². The van der Waals surface area contributed by atoms with Gasteiger partial charge in [-0.3, -0.25) is 9.78 Å². The van der Waals surface area contributed by atoms with Crippen molar-refractivity contribution in [2.75, 3.05) is 7.11 Å². The van der Waals surface area contributed by atoms with E-state index in [0.717, 1.165) is 21.3 Å². The van der Waals surface area contributed by atoms with Crippen molar-refractivity contribution in [3.05, 3.63) is 57.8 Å². The van der Waals surface area contributed by atoms with Crippen LogP contribution in [0.5, 0.6) is 5.75 Å². The van der Waals surface area contributed by atoms with E-state index in [2.05, 4.69) is 20.9 Å². The molecule has 0 unspecified atom stereocenters. The first-order valence-electron chi connectivity index (χ1n) is 5.87. The zero-order valence-corrected chi connectivity index (χ0v) is 12.4. The Kier molecular flexibility index (Phi) is 4.32. The van der Waals surface area contributed by atoms with E-state index in [4.69, 9.17) is 4.74 Å². The van der Waals surface area contributed by atoms with Gasteiger partial charge in [-0.25, -0.2) is 0 Å². The molecular formula is C15H14BrNO2. The normalized spacial score (nSPS) is 10.3. The summed E-state index contributed by atoms with van der Waals surface area (Å²) in [6, 6.07) is 7.50. The highest BCUT2D eigenvalue weighted by Gasteiger charge is 2.09. The number of pyridine rings is 1. The molecule has 1 aromatic heterocycles. The number of ether oxygens (including phenoxy) is 1. The molecule has 0 amide bonds. The first-order chi connectivity index (χ1) is 9.10. The summed E-state index contributed by atoms with van der Waals surface area (Å²) in [5.74, 6) is 0.821. The van der Waals surface area contributed by atoms with E-state index in [1.165, 1.54) is 0 Å². The standard InChI is InChI=1S/C15H14BrNO2/c1-10-5-12(9-17-8-10)14(18)7-11-3-4-15(19-2)13(16)6-11/h3-6,8-9H,7H2,1-2H3. The smallest absolute Gasteiger partial charge is 0.168 e. The molecule has 0 saturated carbocycles. The molecule has 1 aromatic carbocycles. The Bertz CT molecular complexity index is 611. The predicted molar refractivity (Wildman–Crippen MR) is 77.7 cm³/mol.